The van der Waals surface area contributed by atoms with Crippen LogP contribution < -0.4 is 10.2 Å². The molecule has 0 bridgehead atoms. The van der Waals surface area contributed by atoms with Crippen molar-refractivity contribution in [2.45, 2.75) is 71.2 Å². The molecule has 2 atom stereocenters. The van der Waals surface area contributed by atoms with Crippen molar-refractivity contribution in [3.05, 3.63) is 23.9 Å². The first-order valence-electron chi connectivity index (χ1n) is 11.4. The fourth-order valence-electron chi connectivity index (χ4n) is 4.63. The SMILES string of the molecule is CC[C@@]1(C(=O)N2CCN(c3cc(C(F)(F)F)ccn3)CC2)CC[C@H](NC(=O)OC(C)(C)C)C1. The Bertz CT molecular complexity index is 863. The maximum atomic E-state index is 13.4. The van der Waals surface area contributed by atoms with Gasteiger partial charge in [0.1, 0.15) is 11.4 Å². The molecule has 2 fully saturated rings. The van der Waals surface area contributed by atoms with E-state index in [2.05, 4.69) is 10.3 Å². The first-order valence-corrected chi connectivity index (χ1v) is 11.4. The molecule has 0 aromatic carbocycles. The molecule has 1 aromatic rings. The van der Waals surface area contributed by atoms with Crippen LogP contribution in [0, 0.1) is 5.41 Å². The van der Waals surface area contributed by atoms with Crippen LogP contribution in [0.2, 0.25) is 0 Å². The number of nitrogens with zero attached hydrogens (tertiary/aromatic N) is 3. The average Bonchev–Trinajstić information content (AvgIpc) is 3.15. The summed E-state index contributed by atoms with van der Waals surface area (Å²) in [6.45, 7) is 9.06. The lowest BCUT2D eigenvalue weighted by atomic mass is 9.81. The Morgan fingerprint density at radius 3 is 2.45 bits per heavy atom. The predicted molar refractivity (Wildman–Crippen MR) is 118 cm³/mol. The van der Waals surface area contributed by atoms with Crippen LogP contribution in [0.3, 0.4) is 0 Å². The van der Waals surface area contributed by atoms with Gasteiger partial charge in [-0.05, 0) is 58.6 Å². The van der Waals surface area contributed by atoms with Crippen LogP contribution >= 0.6 is 0 Å². The largest absolute Gasteiger partial charge is 0.444 e. The summed E-state index contributed by atoms with van der Waals surface area (Å²) in [6, 6.07) is 1.88. The van der Waals surface area contributed by atoms with Gasteiger partial charge in [0.15, 0.2) is 0 Å². The second-order valence-corrected chi connectivity index (χ2v) is 9.90. The minimum Gasteiger partial charge on any atom is -0.444 e. The van der Waals surface area contributed by atoms with E-state index in [4.69, 9.17) is 4.74 Å². The Labute approximate surface area is 192 Å². The zero-order valence-electron chi connectivity index (χ0n) is 19.7. The molecule has 0 unspecified atom stereocenters. The van der Waals surface area contributed by atoms with E-state index in [1.165, 1.54) is 0 Å². The Morgan fingerprint density at radius 2 is 1.88 bits per heavy atom. The molecule has 3 rings (SSSR count). The number of pyridine rings is 1. The van der Waals surface area contributed by atoms with E-state index in [9.17, 15) is 22.8 Å². The van der Waals surface area contributed by atoms with Crippen molar-refractivity contribution in [3.8, 4) is 0 Å². The van der Waals surface area contributed by atoms with Gasteiger partial charge >= 0.3 is 12.3 Å². The van der Waals surface area contributed by atoms with E-state index in [1.54, 1.807) is 30.6 Å². The summed E-state index contributed by atoms with van der Waals surface area (Å²) in [7, 11) is 0. The van der Waals surface area contributed by atoms with Crippen molar-refractivity contribution in [2.24, 2.45) is 5.41 Å². The van der Waals surface area contributed by atoms with Gasteiger partial charge in [0.05, 0.1) is 11.0 Å². The number of hydrogen-bond donors (Lipinski definition) is 1. The first-order chi connectivity index (χ1) is 15.3. The first kappa shape index (κ1) is 25.1. The molecule has 1 aliphatic carbocycles. The lowest BCUT2D eigenvalue weighted by molar-refractivity contribution is -0.142. The van der Waals surface area contributed by atoms with E-state index in [1.807, 2.05) is 6.92 Å². The number of aromatic nitrogens is 1. The molecule has 0 spiro atoms. The van der Waals surface area contributed by atoms with Gasteiger partial charge in [0, 0.05) is 38.4 Å². The maximum Gasteiger partial charge on any atom is 0.416 e. The third kappa shape index (κ3) is 6.09. The zero-order valence-corrected chi connectivity index (χ0v) is 19.7. The van der Waals surface area contributed by atoms with Crippen molar-refractivity contribution in [3.63, 3.8) is 0 Å². The highest BCUT2D eigenvalue weighted by Crippen LogP contribution is 2.43. The summed E-state index contributed by atoms with van der Waals surface area (Å²) in [5.74, 6) is 0.319. The van der Waals surface area contributed by atoms with Crippen molar-refractivity contribution in [1.82, 2.24) is 15.2 Å². The molecule has 1 aliphatic heterocycles. The number of amides is 2. The van der Waals surface area contributed by atoms with E-state index in [0.717, 1.165) is 18.3 Å². The number of halogens is 3. The van der Waals surface area contributed by atoms with Crippen LogP contribution in [0.5, 0.6) is 0 Å². The highest BCUT2D eigenvalue weighted by Gasteiger charge is 2.46. The fourth-order valence-corrected chi connectivity index (χ4v) is 4.63. The topological polar surface area (TPSA) is 74.8 Å². The number of carbonyl (C=O) groups excluding carboxylic acids is 2. The molecule has 1 N–H and O–H groups in total. The standard InChI is InChI=1S/C23H33F3N4O3/c1-5-22(8-6-17(15-22)28-20(32)33-21(2,3)4)19(31)30-12-10-29(11-13-30)18-14-16(7-9-27-18)23(24,25)26/h7,9,14,17H,5-6,8,10-13,15H2,1-4H3,(H,28,32)/t17-,22+/m0/s1. The molecular formula is C23H33F3N4O3. The molecule has 33 heavy (non-hydrogen) atoms. The van der Waals surface area contributed by atoms with E-state index < -0.39 is 28.8 Å². The minimum absolute atomic E-state index is 0.0511. The summed E-state index contributed by atoms with van der Waals surface area (Å²) < 4.78 is 44.4. The number of ether oxygens (including phenoxy) is 1. The molecule has 1 saturated heterocycles. The number of hydrogen-bond acceptors (Lipinski definition) is 5. The van der Waals surface area contributed by atoms with Gasteiger partial charge in [0.2, 0.25) is 5.91 Å². The predicted octanol–water partition coefficient (Wildman–Crippen LogP) is 4.22. The zero-order chi connectivity index (χ0) is 24.4. The number of piperazine rings is 1. The third-order valence-electron chi connectivity index (χ3n) is 6.42. The molecule has 2 aliphatic rings. The fraction of sp³-hybridized carbons (Fsp3) is 0.696. The number of carbonyl (C=O) groups is 2. The van der Waals surface area contributed by atoms with E-state index in [-0.39, 0.29) is 17.8 Å². The smallest absolute Gasteiger partial charge is 0.416 e. The summed E-state index contributed by atoms with van der Waals surface area (Å²) in [5, 5.41) is 2.89. The summed E-state index contributed by atoms with van der Waals surface area (Å²) in [6.07, 6.45) is -1.14. The quantitative estimate of drug-likeness (QED) is 0.713. The molecular weight excluding hydrogens is 437 g/mol. The van der Waals surface area contributed by atoms with Gasteiger partial charge < -0.3 is 19.9 Å². The number of nitrogens with one attached hydrogen (secondary N) is 1. The van der Waals surface area contributed by atoms with Crippen molar-refractivity contribution in [2.75, 3.05) is 31.1 Å². The van der Waals surface area contributed by atoms with Crippen LogP contribution in [0.4, 0.5) is 23.8 Å². The van der Waals surface area contributed by atoms with Gasteiger partial charge in [-0.3, -0.25) is 4.79 Å². The summed E-state index contributed by atoms with van der Waals surface area (Å²) in [4.78, 5) is 33.2. The van der Waals surface area contributed by atoms with Gasteiger partial charge in [-0.1, -0.05) is 6.92 Å². The minimum atomic E-state index is -4.42. The van der Waals surface area contributed by atoms with Crippen molar-refractivity contribution in [1.29, 1.82) is 0 Å². The lowest BCUT2D eigenvalue weighted by Crippen LogP contribution is -2.53. The van der Waals surface area contributed by atoms with Gasteiger partial charge in [0.25, 0.3) is 0 Å². The Hall–Kier alpha value is -2.52. The highest BCUT2D eigenvalue weighted by molar-refractivity contribution is 5.83. The molecule has 2 amide bonds. The monoisotopic (exact) mass is 470 g/mol. The van der Waals surface area contributed by atoms with Crippen LogP contribution in [0.25, 0.3) is 0 Å². The highest BCUT2D eigenvalue weighted by atomic mass is 19.4. The van der Waals surface area contributed by atoms with Crippen LogP contribution in [0.1, 0.15) is 58.9 Å². The molecule has 1 aromatic heterocycles. The van der Waals surface area contributed by atoms with E-state index >= 15 is 0 Å². The average molecular weight is 471 g/mol. The van der Waals surface area contributed by atoms with Crippen LogP contribution in [-0.4, -0.2) is 59.7 Å². The molecule has 10 heteroatoms. The van der Waals surface area contributed by atoms with Gasteiger partial charge in [-0.15, -0.1) is 0 Å². The summed E-state index contributed by atoms with van der Waals surface area (Å²) in [5.41, 5.74) is -1.87. The number of alkyl carbamates (subject to hydrolysis) is 1. The number of alkyl halides is 3. The third-order valence-corrected chi connectivity index (χ3v) is 6.42. The van der Waals surface area contributed by atoms with Crippen molar-refractivity contribution < 1.29 is 27.5 Å². The lowest BCUT2D eigenvalue weighted by Gasteiger charge is -2.40. The Balaban J connectivity index is 1.59. The molecule has 1 saturated carbocycles. The second-order valence-electron chi connectivity index (χ2n) is 9.90. The normalized spacial score (nSPS) is 24.0. The molecule has 0 radical (unpaired) electrons. The summed E-state index contributed by atoms with van der Waals surface area (Å²) >= 11 is 0. The maximum absolute atomic E-state index is 13.4. The Morgan fingerprint density at radius 1 is 1.21 bits per heavy atom. The molecule has 7 nitrogen and oxygen atoms in total. The van der Waals surface area contributed by atoms with Gasteiger partial charge in [-0.25, -0.2) is 9.78 Å². The number of anilines is 1. The van der Waals surface area contributed by atoms with Gasteiger partial charge in [-0.2, -0.15) is 13.2 Å². The second kappa shape index (κ2) is 9.38. The van der Waals surface area contributed by atoms with E-state index in [0.29, 0.717) is 51.9 Å². The Kier molecular flexibility index (Phi) is 7.14. The van der Waals surface area contributed by atoms with Crippen molar-refractivity contribution >= 4 is 17.8 Å². The number of rotatable bonds is 4. The molecule has 2 heterocycles. The molecule has 184 valence electrons. The van der Waals surface area contributed by atoms with Crippen LogP contribution in [0.15, 0.2) is 18.3 Å². The van der Waals surface area contributed by atoms with Crippen LogP contribution in [-0.2, 0) is 15.7 Å².